The molecule has 1 aromatic rings. The molecule has 0 aromatic heterocycles. The van der Waals surface area contributed by atoms with Gasteiger partial charge in [-0.2, -0.15) is 0 Å². The van der Waals surface area contributed by atoms with E-state index in [9.17, 15) is 4.79 Å². The van der Waals surface area contributed by atoms with E-state index in [1.807, 2.05) is 44.2 Å². The average molecular weight is 216 g/mol. The summed E-state index contributed by atoms with van der Waals surface area (Å²) in [7, 11) is 0. The molecule has 0 amide bonds. The zero-order chi connectivity index (χ0) is 11.8. The van der Waals surface area contributed by atoms with Crippen molar-refractivity contribution in [1.29, 1.82) is 0 Å². The van der Waals surface area contributed by atoms with E-state index in [2.05, 4.69) is 0 Å². The summed E-state index contributed by atoms with van der Waals surface area (Å²) in [5.41, 5.74) is 2.17. The minimum atomic E-state index is -0.320. The number of aryl methyl sites for hydroxylation is 1. The van der Waals surface area contributed by atoms with Crippen molar-refractivity contribution in [3.63, 3.8) is 0 Å². The molecule has 0 saturated heterocycles. The van der Waals surface area contributed by atoms with Crippen molar-refractivity contribution in [3.8, 4) is 0 Å². The van der Waals surface area contributed by atoms with Crippen LogP contribution in [-0.4, -0.2) is 5.97 Å². The van der Waals surface area contributed by atoms with Crippen LogP contribution in [0.3, 0.4) is 0 Å². The predicted octanol–water partition coefficient (Wildman–Crippen LogP) is 3.17. The first kappa shape index (κ1) is 12.2. The molecule has 0 aliphatic rings. The summed E-state index contributed by atoms with van der Waals surface area (Å²) >= 11 is 0. The second kappa shape index (κ2) is 6.62. The molecule has 16 heavy (non-hydrogen) atoms. The highest BCUT2D eigenvalue weighted by Crippen LogP contribution is 2.05. The number of ether oxygens (including phenoxy) is 1. The van der Waals surface area contributed by atoms with Crippen molar-refractivity contribution in [1.82, 2.24) is 0 Å². The molecule has 0 saturated carbocycles. The fourth-order valence-electron chi connectivity index (χ4n) is 1.25. The Morgan fingerprint density at radius 3 is 2.88 bits per heavy atom. The van der Waals surface area contributed by atoms with Crippen LogP contribution in [0, 0.1) is 6.92 Å². The number of rotatable bonds is 4. The summed E-state index contributed by atoms with van der Waals surface area (Å²) in [6.45, 7) is 4.22. The van der Waals surface area contributed by atoms with Crippen molar-refractivity contribution in [2.75, 3.05) is 0 Å². The summed E-state index contributed by atoms with van der Waals surface area (Å²) in [6.07, 6.45) is 6.71. The van der Waals surface area contributed by atoms with Gasteiger partial charge in [0.25, 0.3) is 0 Å². The Morgan fingerprint density at radius 1 is 1.38 bits per heavy atom. The molecule has 1 rings (SSSR count). The van der Waals surface area contributed by atoms with Crippen molar-refractivity contribution in [2.45, 2.75) is 20.5 Å². The van der Waals surface area contributed by atoms with E-state index in [0.29, 0.717) is 6.61 Å². The van der Waals surface area contributed by atoms with Gasteiger partial charge in [-0.15, -0.1) is 0 Å². The van der Waals surface area contributed by atoms with Gasteiger partial charge >= 0.3 is 5.97 Å². The number of hydrogen-bond acceptors (Lipinski definition) is 2. The monoisotopic (exact) mass is 216 g/mol. The number of carbonyl (C=O) groups excluding carboxylic acids is 1. The van der Waals surface area contributed by atoms with Crippen LogP contribution in [0.1, 0.15) is 18.1 Å². The molecule has 84 valence electrons. The molecule has 2 nitrogen and oxygen atoms in total. The Labute approximate surface area is 96.2 Å². The number of hydrogen-bond donors (Lipinski definition) is 0. The van der Waals surface area contributed by atoms with Crippen LogP contribution in [-0.2, 0) is 16.1 Å². The normalized spacial score (nSPS) is 11.1. The molecule has 0 fully saturated rings. The molecular weight excluding hydrogens is 200 g/mol. The second-order valence-corrected chi connectivity index (χ2v) is 3.48. The molecule has 0 bridgehead atoms. The van der Waals surface area contributed by atoms with Crippen LogP contribution in [0.2, 0.25) is 0 Å². The second-order valence-electron chi connectivity index (χ2n) is 3.48. The van der Waals surface area contributed by atoms with Crippen molar-refractivity contribution < 1.29 is 9.53 Å². The summed E-state index contributed by atoms with van der Waals surface area (Å²) < 4.78 is 5.07. The van der Waals surface area contributed by atoms with Gasteiger partial charge in [-0.3, -0.25) is 0 Å². The van der Waals surface area contributed by atoms with Gasteiger partial charge in [0.2, 0.25) is 0 Å². The van der Waals surface area contributed by atoms with E-state index in [4.69, 9.17) is 4.74 Å². The van der Waals surface area contributed by atoms with Crippen LogP contribution in [0.5, 0.6) is 0 Å². The van der Waals surface area contributed by atoms with E-state index in [1.165, 1.54) is 6.08 Å². The van der Waals surface area contributed by atoms with Gasteiger partial charge in [0.15, 0.2) is 0 Å². The Balaban J connectivity index is 2.43. The van der Waals surface area contributed by atoms with Gasteiger partial charge in [-0.05, 0) is 19.4 Å². The van der Waals surface area contributed by atoms with Crippen LogP contribution in [0.4, 0.5) is 0 Å². The first-order valence-electron chi connectivity index (χ1n) is 5.24. The van der Waals surface area contributed by atoms with Gasteiger partial charge in [-0.1, -0.05) is 48.1 Å². The summed E-state index contributed by atoms with van der Waals surface area (Å²) in [6, 6.07) is 7.91. The van der Waals surface area contributed by atoms with Gasteiger partial charge < -0.3 is 4.74 Å². The highest BCUT2D eigenvalue weighted by atomic mass is 16.5. The molecule has 0 atom stereocenters. The molecular formula is C14H16O2. The standard InChI is InChI=1S/C14H16O2/c1-3-4-5-9-14(15)16-11-13-8-6-7-12(2)10-13/h3-10H,11H2,1-2H3/b4-3+,9-5+. The lowest BCUT2D eigenvalue weighted by molar-refractivity contribution is -0.139. The number of allylic oxidation sites excluding steroid dienone is 3. The topological polar surface area (TPSA) is 26.3 Å². The number of esters is 1. The third kappa shape index (κ3) is 4.60. The maximum atomic E-state index is 11.2. The van der Waals surface area contributed by atoms with Gasteiger partial charge in [0.05, 0.1) is 0 Å². The first-order valence-corrected chi connectivity index (χ1v) is 5.24. The van der Waals surface area contributed by atoms with E-state index < -0.39 is 0 Å². The number of carbonyl (C=O) groups is 1. The largest absolute Gasteiger partial charge is 0.458 e. The maximum Gasteiger partial charge on any atom is 0.331 e. The molecule has 0 unspecified atom stereocenters. The minimum Gasteiger partial charge on any atom is -0.458 e. The fraction of sp³-hybridized carbons (Fsp3) is 0.214. The lowest BCUT2D eigenvalue weighted by Crippen LogP contribution is -2.00. The first-order chi connectivity index (χ1) is 7.72. The van der Waals surface area contributed by atoms with Crippen LogP contribution < -0.4 is 0 Å². The summed E-state index contributed by atoms with van der Waals surface area (Å²) in [5, 5.41) is 0. The lowest BCUT2D eigenvalue weighted by Gasteiger charge is -2.02. The highest BCUT2D eigenvalue weighted by Gasteiger charge is 1.97. The van der Waals surface area contributed by atoms with Gasteiger partial charge in [0.1, 0.15) is 6.61 Å². The molecule has 0 radical (unpaired) electrons. The zero-order valence-corrected chi connectivity index (χ0v) is 9.64. The average Bonchev–Trinajstić information content (AvgIpc) is 2.27. The molecule has 0 aliphatic heterocycles. The molecule has 2 heteroatoms. The van der Waals surface area contributed by atoms with E-state index in [1.54, 1.807) is 12.2 Å². The van der Waals surface area contributed by atoms with Crippen molar-refractivity contribution in [2.24, 2.45) is 0 Å². The predicted molar refractivity (Wildman–Crippen MR) is 64.9 cm³/mol. The summed E-state index contributed by atoms with van der Waals surface area (Å²) in [4.78, 5) is 11.2. The SMILES string of the molecule is C/C=C/C=C/C(=O)OCc1cccc(C)c1. The molecule has 0 N–H and O–H groups in total. The quantitative estimate of drug-likeness (QED) is 0.439. The Kier molecular flexibility index (Phi) is 5.06. The Morgan fingerprint density at radius 2 is 2.19 bits per heavy atom. The fourth-order valence-corrected chi connectivity index (χ4v) is 1.25. The van der Waals surface area contributed by atoms with E-state index in [0.717, 1.165) is 11.1 Å². The Hall–Kier alpha value is -1.83. The Bertz CT molecular complexity index is 403. The maximum absolute atomic E-state index is 11.2. The molecule has 0 heterocycles. The van der Waals surface area contributed by atoms with E-state index in [-0.39, 0.29) is 5.97 Å². The van der Waals surface area contributed by atoms with Crippen LogP contribution in [0.15, 0.2) is 48.6 Å². The third-order valence-corrected chi connectivity index (χ3v) is 2.00. The highest BCUT2D eigenvalue weighted by molar-refractivity contribution is 5.82. The van der Waals surface area contributed by atoms with Crippen LogP contribution >= 0.6 is 0 Å². The van der Waals surface area contributed by atoms with Crippen molar-refractivity contribution in [3.05, 3.63) is 59.7 Å². The third-order valence-electron chi connectivity index (χ3n) is 2.00. The smallest absolute Gasteiger partial charge is 0.331 e. The van der Waals surface area contributed by atoms with Gasteiger partial charge in [0, 0.05) is 6.08 Å². The molecule has 1 aromatic carbocycles. The van der Waals surface area contributed by atoms with Gasteiger partial charge in [-0.25, -0.2) is 4.79 Å². The van der Waals surface area contributed by atoms with Crippen molar-refractivity contribution >= 4 is 5.97 Å². The molecule has 0 spiro atoms. The summed E-state index contributed by atoms with van der Waals surface area (Å²) in [5.74, 6) is -0.320. The number of benzene rings is 1. The lowest BCUT2D eigenvalue weighted by atomic mass is 10.1. The minimum absolute atomic E-state index is 0.320. The van der Waals surface area contributed by atoms with Crippen LogP contribution in [0.25, 0.3) is 0 Å². The molecule has 0 aliphatic carbocycles. The zero-order valence-electron chi connectivity index (χ0n) is 9.64. The van der Waals surface area contributed by atoms with E-state index >= 15 is 0 Å².